The first-order valence-corrected chi connectivity index (χ1v) is 3.35. The number of phenolic OH excluding ortho intramolecular Hbond substituents is 1. The van der Waals surface area contributed by atoms with E-state index in [1.807, 2.05) is 0 Å². The van der Waals surface area contributed by atoms with E-state index in [0.29, 0.717) is 0 Å². The fourth-order valence-electron chi connectivity index (χ4n) is 0.914. The average molecular weight is 198 g/mol. The number of carboxylic acid groups (broad SMARTS) is 1. The number of nitro groups is 1. The van der Waals surface area contributed by atoms with Crippen LogP contribution in [0.1, 0.15) is 10.4 Å². The van der Waals surface area contributed by atoms with E-state index in [2.05, 4.69) is 0 Å². The first-order chi connectivity index (χ1) is 6.45. The Hall–Kier alpha value is -2.31. The molecule has 0 fully saturated rings. The third-order valence-electron chi connectivity index (χ3n) is 1.52. The van der Waals surface area contributed by atoms with Crippen molar-refractivity contribution in [1.82, 2.24) is 0 Å². The molecule has 0 aliphatic rings. The molecule has 1 aromatic carbocycles. The number of aromatic carboxylic acids is 1. The van der Waals surface area contributed by atoms with E-state index < -0.39 is 33.6 Å². The van der Waals surface area contributed by atoms with Crippen LogP contribution in [0.5, 0.6) is 11.5 Å². The molecule has 0 spiro atoms. The summed E-state index contributed by atoms with van der Waals surface area (Å²) in [5, 5.41) is 38.7. The van der Waals surface area contributed by atoms with E-state index in [1.165, 1.54) is 0 Å². The zero-order chi connectivity index (χ0) is 10.9. The van der Waals surface area contributed by atoms with E-state index >= 15 is 0 Å². The quantitative estimate of drug-likeness (QED) is 0.511. The lowest BCUT2D eigenvalue weighted by Gasteiger charge is -2.10. The molecule has 0 amide bonds. The van der Waals surface area contributed by atoms with Gasteiger partial charge in [0, 0.05) is 5.75 Å². The highest BCUT2D eigenvalue weighted by atomic mass is 16.6. The summed E-state index contributed by atoms with van der Waals surface area (Å²) >= 11 is 0. The lowest BCUT2D eigenvalue weighted by atomic mass is 10.1. The van der Waals surface area contributed by atoms with Crippen LogP contribution in [0.2, 0.25) is 0 Å². The van der Waals surface area contributed by atoms with Crippen LogP contribution in [0.25, 0.3) is 0 Å². The van der Waals surface area contributed by atoms with Crippen LogP contribution < -0.4 is 5.11 Å². The van der Waals surface area contributed by atoms with Crippen molar-refractivity contribution in [3.05, 3.63) is 27.8 Å². The fraction of sp³-hybridized carbons (Fsp3) is 0. The van der Waals surface area contributed by atoms with Gasteiger partial charge in [-0.05, 0) is 12.1 Å². The van der Waals surface area contributed by atoms with Crippen LogP contribution in [0.4, 0.5) is 5.69 Å². The molecule has 0 unspecified atom stereocenters. The van der Waals surface area contributed by atoms with Crippen LogP contribution >= 0.6 is 0 Å². The highest BCUT2D eigenvalue weighted by Gasteiger charge is 2.21. The second-order valence-corrected chi connectivity index (χ2v) is 2.37. The van der Waals surface area contributed by atoms with Gasteiger partial charge in [0.2, 0.25) is 0 Å². The Kier molecular flexibility index (Phi) is 2.24. The molecule has 7 nitrogen and oxygen atoms in total. The van der Waals surface area contributed by atoms with Crippen molar-refractivity contribution in [2.75, 3.05) is 0 Å². The Morgan fingerprint density at radius 2 is 2.00 bits per heavy atom. The largest absolute Gasteiger partial charge is 0.865 e. The maximum atomic E-state index is 11.0. The summed E-state index contributed by atoms with van der Waals surface area (Å²) in [6.45, 7) is 0. The van der Waals surface area contributed by atoms with Crippen LogP contribution in [0.15, 0.2) is 12.1 Å². The topological polar surface area (TPSA) is 124 Å². The molecule has 0 saturated carbocycles. The molecule has 0 bridgehead atoms. The van der Waals surface area contributed by atoms with Gasteiger partial charge in [-0.15, -0.1) is 0 Å². The summed E-state index contributed by atoms with van der Waals surface area (Å²) in [6, 6.07) is 1.61. The fourth-order valence-corrected chi connectivity index (χ4v) is 0.914. The van der Waals surface area contributed by atoms with E-state index in [-0.39, 0.29) is 0 Å². The van der Waals surface area contributed by atoms with Crippen molar-refractivity contribution in [3.8, 4) is 11.5 Å². The summed E-state index contributed by atoms with van der Waals surface area (Å²) in [5.74, 6) is -3.73. The Labute approximate surface area is 77.0 Å². The monoisotopic (exact) mass is 198 g/mol. The van der Waals surface area contributed by atoms with Gasteiger partial charge in [-0.25, -0.2) is 4.79 Å². The highest BCUT2D eigenvalue weighted by molar-refractivity contribution is 5.94. The van der Waals surface area contributed by atoms with Gasteiger partial charge in [-0.1, -0.05) is 0 Å². The molecule has 0 aromatic heterocycles. The van der Waals surface area contributed by atoms with E-state index in [9.17, 15) is 20.0 Å². The van der Waals surface area contributed by atoms with Gasteiger partial charge >= 0.3 is 5.97 Å². The minimum Gasteiger partial charge on any atom is -0.865 e. The second kappa shape index (κ2) is 3.21. The number of carbonyl (C=O) groups is 1. The molecule has 1 rings (SSSR count). The van der Waals surface area contributed by atoms with Crippen LogP contribution in [0, 0.1) is 10.1 Å². The van der Waals surface area contributed by atoms with Gasteiger partial charge in [0.05, 0.1) is 4.92 Å². The number of hydrogen-bond acceptors (Lipinski definition) is 5. The maximum Gasteiger partial charge on any atom is 0.342 e. The summed E-state index contributed by atoms with van der Waals surface area (Å²) in [7, 11) is 0. The third kappa shape index (κ3) is 1.42. The van der Waals surface area contributed by atoms with Crippen LogP contribution in [0.3, 0.4) is 0 Å². The van der Waals surface area contributed by atoms with Crippen molar-refractivity contribution in [3.63, 3.8) is 0 Å². The maximum absolute atomic E-state index is 11.0. The smallest absolute Gasteiger partial charge is 0.342 e. The Balaban J connectivity index is 3.53. The summed E-state index contributed by atoms with van der Waals surface area (Å²) in [5.41, 5.74) is -1.87. The summed E-state index contributed by atoms with van der Waals surface area (Å²) < 4.78 is 0. The molecule has 74 valence electrons. The molecule has 0 radical (unpaired) electrons. The average Bonchev–Trinajstić information content (AvgIpc) is 2.08. The van der Waals surface area contributed by atoms with Gasteiger partial charge in [0.25, 0.3) is 5.69 Å². The molecule has 0 atom stereocenters. The zero-order valence-corrected chi connectivity index (χ0v) is 6.63. The number of nitro benzene ring substituents is 1. The van der Waals surface area contributed by atoms with E-state index in [0.717, 1.165) is 12.1 Å². The van der Waals surface area contributed by atoms with Gasteiger partial charge in [-0.2, -0.15) is 0 Å². The molecule has 7 heteroatoms. The van der Waals surface area contributed by atoms with E-state index in [1.54, 1.807) is 0 Å². The van der Waals surface area contributed by atoms with Crippen molar-refractivity contribution < 1.29 is 25.0 Å². The zero-order valence-electron chi connectivity index (χ0n) is 6.63. The summed E-state index contributed by atoms with van der Waals surface area (Å²) in [6.07, 6.45) is 0. The van der Waals surface area contributed by atoms with Gasteiger partial charge in [0.1, 0.15) is 11.3 Å². The minimum absolute atomic E-state index is 0.738. The van der Waals surface area contributed by atoms with Gasteiger partial charge < -0.3 is 15.3 Å². The van der Waals surface area contributed by atoms with E-state index in [4.69, 9.17) is 10.2 Å². The predicted octanol–water partition coefficient (Wildman–Crippen LogP) is 0.0722. The number of rotatable bonds is 2. The third-order valence-corrected chi connectivity index (χ3v) is 1.52. The molecule has 0 heterocycles. The predicted molar refractivity (Wildman–Crippen MR) is 41.2 cm³/mol. The SMILES string of the molecule is O=C(O)c1ccc(O)c([O-])c1[N+](=O)[O-]. The number of carboxylic acids is 1. The second-order valence-electron chi connectivity index (χ2n) is 2.37. The van der Waals surface area contributed by atoms with Crippen molar-refractivity contribution in [2.45, 2.75) is 0 Å². The first-order valence-electron chi connectivity index (χ1n) is 3.35. The molecular weight excluding hydrogens is 194 g/mol. The molecular formula is C7H4NO6-. The van der Waals surface area contributed by atoms with Crippen LogP contribution in [-0.2, 0) is 0 Å². The lowest BCUT2D eigenvalue weighted by Crippen LogP contribution is -2.06. The molecule has 0 aliphatic heterocycles. The normalized spacial score (nSPS) is 9.71. The molecule has 1 aromatic rings. The standard InChI is InChI=1S/C7H5NO6/c9-4-2-1-3(7(11)12)5(6(4)10)8(13)14/h1-2,9-10H,(H,11,12)/p-1. The number of benzene rings is 1. The van der Waals surface area contributed by atoms with Crippen molar-refractivity contribution in [2.24, 2.45) is 0 Å². The van der Waals surface area contributed by atoms with Crippen molar-refractivity contribution >= 4 is 11.7 Å². The number of phenols is 1. The Morgan fingerprint density at radius 1 is 1.43 bits per heavy atom. The molecule has 14 heavy (non-hydrogen) atoms. The Bertz CT molecular complexity index is 413. The molecule has 2 N–H and O–H groups in total. The Morgan fingerprint density at radius 3 is 2.43 bits per heavy atom. The summed E-state index contributed by atoms with van der Waals surface area (Å²) in [4.78, 5) is 19.7. The van der Waals surface area contributed by atoms with Crippen molar-refractivity contribution in [1.29, 1.82) is 0 Å². The number of nitrogens with zero attached hydrogens (tertiary/aromatic N) is 1. The molecule has 0 saturated heterocycles. The lowest BCUT2D eigenvalue weighted by molar-refractivity contribution is -0.398. The van der Waals surface area contributed by atoms with Gasteiger partial charge in [-0.3, -0.25) is 10.1 Å². The highest BCUT2D eigenvalue weighted by Crippen LogP contribution is 2.35. The van der Waals surface area contributed by atoms with Crippen LogP contribution in [-0.4, -0.2) is 21.1 Å². The minimum atomic E-state index is -1.59. The van der Waals surface area contributed by atoms with Gasteiger partial charge in [0.15, 0.2) is 0 Å². The molecule has 0 aliphatic carbocycles. The number of aromatic hydroxyl groups is 1. The number of hydrogen-bond donors (Lipinski definition) is 2. The first kappa shape index (κ1) is 9.78.